The minimum Gasteiger partial charge on any atom is -0.393 e. The van der Waals surface area contributed by atoms with Gasteiger partial charge >= 0.3 is 6.03 Å². The average molecular weight is 174 g/mol. The summed E-state index contributed by atoms with van der Waals surface area (Å²) in [7, 11) is 1.34. The molecular weight excluding hydrogens is 164 g/mol. The van der Waals surface area contributed by atoms with Crippen LogP contribution in [0.2, 0.25) is 0 Å². The van der Waals surface area contributed by atoms with E-state index in [0.717, 1.165) is 4.90 Å². The van der Waals surface area contributed by atoms with Crippen molar-refractivity contribution in [3.8, 4) is 0 Å². The molecule has 0 aromatic heterocycles. The first kappa shape index (κ1) is 8.95. The summed E-state index contributed by atoms with van der Waals surface area (Å²) in [5.74, 6) is -0.667. The fourth-order valence-electron chi connectivity index (χ4n) is 1.05. The molecule has 1 saturated heterocycles. The number of likely N-dealkylation sites (N-methyl/N-ethyl adjacent to an activating group) is 1. The molecule has 1 rings (SSSR count). The van der Waals surface area contributed by atoms with Gasteiger partial charge in [-0.05, 0) is 0 Å². The highest BCUT2D eigenvalue weighted by Gasteiger charge is 2.50. The van der Waals surface area contributed by atoms with E-state index >= 15 is 0 Å². The highest BCUT2D eigenvalue weighted by atomic mass is 16.3. The molecule has 0 aromatic carbocycles. The molecule has 0 atom stereocenters. The van der Waals surface area contributed by atoms with Gasteiger partial charge in [0.15, 0.2) is 5.54 Å². The van der Waals surface area contributed by atoms with Gasteiger partial charge in [0.1, 0.15) is 0 Å². The Kier molecular flexibility index (Phi) is 2.03. The highest BCUT2D eigenvalue weighted by Crippen LogP contribution is 2.18. The second-order valence-electron chi connectivity index (χ2n) is 2.67. The van der Waals surface area contributed by atoms with Crippen molar-refractivity contribution in [3.63, 3.8) is 0 Å². The Hall–Kier alpha value is -1.14. The second kappa shape index (κ2) is 2.72. The molecule has 0 aliphatic carbocycles. The zero-order valence-electron chi connectivity index (χ0n) is 6.57. The molecule has 0 bridgehead atoms. The molecule has 0 unspecified atom stereocenters. The SMILES string of the molecule is CN1C(=O)NC(=O)C1(CO)CO. The third-order valence-electron chi connectivity index (χ3n) is 2.11. The number of nitrogens with one attached hydrogen (secondary N) is 1. The van der Waals surface area contributed by atoms with E-state index in [1.54, 1.807) is 0 Å². The molecule has 0 aromatic rings. The summed E-state index contributed by atoms with van der Waals surface area (Å²) in [6.45, 7) is -1.17. The van der Waals surface area contributed by atoms with Gasteiger partial charge in [-0.3, -0.25) is 10.1 Å². The van der Waals surface area contributed by atoms with E-state index in [1.165, 1.54) is 7.05 Å². The second-order valence-corrected chi connectivity index (χ2v) is 2.67. The van der Waals surface area contributed by atoms with E-state index in [4.69, 9.17) is 10.2 Å². The van der Waals surface area contributed by atoms with Crippen molar-refractivity contribution < 1.29 is 19.8 Å². The van der Waals surface area contributed by atoms with Crippen LogP contribution in [-0.2, 0) is 4.79 Å². The molecule has 6 heteroatoms. The molecule has 1 heterocycles. The molecule has 0 radical (unpaired) electrons. The van der Waals surface area contributed by atoms with E-state index in [1.807, 2.05) is 5.32 Å². The normalized spacial score (nSPS) is 21.4. The fraction of sp³-hybridized carbons (Fsp3) is 0.667. The van der Waals surface area contributed by atoms with Crippen LogP contribution in [0.3, 0.4) is 0 Å². The van der Waals surface area contributed by atoms with Gasteiger partial charge in [-0.2, -0.15) is 0 Å². The Labute approximate surface area is 68.8 Å². The Balaban J connectivity index is 3.01. The summed E-state index contributed by atoms with van der Waals surface area (Å²) in [5.41, 5.74) is -1.49. The number of carbonyl (C=O) groups is 2. The first-order valence-electron chi connectivity index (χ1n) is 3.39. The Morgan fingerprint density at radius 2 is 1.92 bits per heavy atom. The van der Waals surface area contributed by atoms with Crippen molar-refractivity contribution in [1.82, 2.24) is 10.2 Å². The van der Waals surface area contributed by atoms with Gasteiger partial charge in [0.25, 0.3) is 5.91 Å². The van der Waals surface area contributed by atoms with Crippen molar-refractivity contribution in [3.05, 3.63) is 0 Å². The first-order valence-corrected chi connectivity index (χ1v) is 3.39. The smallest absolute Gasteiger partial charge is 0.324 e. The van der Waals surface area contributed by atoms with E-state index in [2.05, 4.69) is 0 Å². The third-order valence-corrected chi connectivity index (χ3v) is 2.11. The van der Waals surface area contributed by atoms with Gasteiger partial charge in [0.05, 0.1) is 13.2 Å². The zero-order valence-corrected chi connectivity index (χ0v) is 6.57. The van der Waals surface area contributed by atoms with E-state index < -0.39 is 30.7 Å². The van der Waals surface area contributed by atoms with Crippen LogP contribution >= 0.6 is 0 Å². The number of aliphatic hydroxyl groups is 2. The zero-order chi connectivity index (χ0) is 9.35. The lowest BCUT2D eigenvalue weighted by atomic mass is 10.0. The number of amides is 3. The summed E-state index contributed by atoms with van der Waals surface area (Å²) >= 11 is 0. The summed E-state index contributed by atoms with van der Waals surface area (Å²) in [6, 6.07) is -0.608. The fourth-order valence-corrected chi connectivity index (χ4v) is 1.05. The van der Waals surface area contributed by atoms with Crippen molar-refractivity contribution >= 4 is 11.9 Å². The molecule has 1 aliphatic rings. The van der Waals surface area contributed by atoms with Gasteiger partial charge in [0, 0.05) is 7.05 Å². The van der Waals surface area contributed by atoms with Crippen LogP contribution in [0, 0.1) is 0 Å². The summed E-state index contributed by atoms with van der Waals surface area (Å²) in [4.78, 5) is 23.0. The molecule has 1 fully saturated rings. The van der Waals surface area contributed by atoms with Crippen LogP contribution in [0.5, 0.6) is 0 Å². The number of aliphatic hydroxyl groups excluding tert-OH is 2. The standard InChI is InChI=1S/C6H10N2O4/c1-8-5(12)7-4(11)6(8,2-9)3-10/h9-10H,2-3H2,1H3,(H,7,11,12). The first-order chi connectivity index (χ1) is 5.58. The van der Waals surface area contributed by atoms with Crippen LogP contribution in [0.4, 0.5) is 4.79 Å². The van der Waals surface area contributed by atoms with Crippen LogP contribution in [-0.4, -0.2) is 52.9 Å². The summed E-state index contributed by atoms with van der Waals surface area (Å²) < 4.78 is 0. The van der Waals surface area contributed by atoms with Gasteiger partial charge in [-0.25, -0.2) is 4.79 Å². The third kappa shape index (κ3) is 0.886. The topological polar surface area (TPSA) is 89.9 Å². The van der Waals surface area contributed by atoms with Crippen LogP contribution < -0.4 is 5.32 Å². The van der Waals surface area contributed by atoms with E-state index in [-0.39, 0.29) is 0 Å². The van der Waals surface area contributed by atoms with Gasteiger partial charge in [-0.1, -0.05) is 0 Å². The minimum atomic E-state index is -1.49. The van der Waals surface area contributed by atoms with Crippen LogP contribution in [0.25, 0.3) is 0 Å². The molecule has 1 aliphatic heterocycles. The number of rotatable bonds is 2. The number of carbonyl (C=O) groups excluding carboxylic acids is 2. The predicted octanol–water partition coefficient (Wildman–Crippen LogP) is -2.11. The maximum absolute atomic E-state index is 11.1. The minimum absolute atomic E-state index is 0.586. The number of imide groups is 1. The maximum atomic E-state index is 11.1. The molecule has 0 spiro atoms. The molecular formula is C6H10N2O4. The lowest BCUT2D eigenvalue weighted by Gasteiger charge is -2.27. The number of hydrogen-bond donors (Lipinski definition) is 3. The van der Waals surface area contributed by atoms with E-state index in [9.17, 15) is 9.59 Å². The van der Waals surface area contributed by atoms with Crippen molar-refractivity contribution in [2.45, 2.75) is 5.54 Å². The summed E-state index contributed by atoms with van der Waals surface area (Å²) in [6.07, 6.45) is 0. The van der Waals surface area contributed by atoms with Gasteiger partial charge in [0.2, 0.25) is 0 Å². The monoisotopic (exact) mass is 174 g/mol. The molecule has 3 N–H and O–H groups in total. The molecule has 6 nitrogen and oxygen atoms in total. The molecule has 0 saturated carbocycles. The molecule has 12 heavy (non-hydrogen) atoms. The van der Waals surface area contributed by atoms with Crippen molar-refractivity contribution in [2.24, 2.45) is 0 Å². The predicted molar refractivity (Wildman–Crippen MR) is 38.2 cm³/mol. The lowest BCUT2D eigenvalue weighted by Crippen LogP contribution is -2.54. The Bertz CT molecular complexity index is 224. The van der Waals surface area contributed by atoms with Gasteiger partial charge < -0.3 is 15.1 Å². The summed E-state index contributed by atoms with van der Waals surface area (Å²) in [5, 5.41) is 19.7. The maximum Gasteiger partial charge on any atom is 0.324 e. The average Bonchev–Trinajstić information content (AvgIpc) is 2.26. The van der Waals surface area contributed by atoms with Crippen LogP contribution in [0.15, 0.2) is 0 Å². The van der Waals surface area contributed by atoms with Crippen molar-refractivity contribution in [1.29, 1.82) is 0 Å². The highest BCUT2D eigenvalue weighted by molar-refractivity contribution is 6.07. The Morgan fingerprint density at radius 1 is 1.42 bits per heavy atom. The van der Waals surface area contributed by atoms with E-state index in [0.29, 0.717) is 0 Å². The molecule has 3 amide bonds. The molecule has 68 valence electrons. The number of hydrogen-bond acceptors (Lipinski definition) is 4. The van der Waals surface area contributed by atoms with Gasteiger partial charge in [-0.15, -0.1) is 0 Å². The number of urea groups is 1. The largest absolute Gasteiger partial charge is 0.393 e. The van der Waals surface area contributed by atoms with Crippen LogP contribution in [0.1, 0.15) is 0 Å². The Morgan fingerprint density at radius 3 is 2.08 bits per heavy atom. The quantitative estimate of drug-likeness (QED) is 0.418. The van der Waals surface area contributed by atoms with Crippen molar-refractivity contribution in [2.75, 3.05) is 20.3 Å². The lowest BCUT2D eigenvalue weighted by molar-refractivity contribution is -0.130. The number of nitrogens with zero attached hydrogens (tertiary/aromatic N) is 1.